The molecule has 2 amide bonds. The second-order valence-corrected chi connectivity index (χ2v) is 8.31. The first kappa shape index (κ1) is 23.8. The molecule has 1 aromatic carbocycles. The number of nitrogens with zero attached hydrogens (tertiary/aromatic N) is 3. The molecule has 3 aromatic rings. The fraction of sp³-hybridized carbons (Fsp3) is 0.240. The van der Waals surface area contributed by atoms with E-state index in [9.17, 15) is 23.2 Å². The summed E-state index contributed by atoms with van der Waals surface area (Å²) >= 11 is 0. The molecule has 0 radical (unpaired) electrons. The third-order valence-corrected chi connectivity index (χ3v) is 5.77. The average Bonchev–Trinajstić information content (AvgIpc) is 3.17. The highest BCUT2D eigenvalue weighted by Gasteiger charge is 2.47. The van der Waals surface area contributed by atoms with Crippen molar-refractivity contribution in [2.75, 3.05) is 13.1 Å². The molecule has 2 aromatic heterocycles. The average molecular weight is 477 g/mol. The Labute approximate surface area is 198 Å². The van der Waals surface area contributed by atoms with E-state index in [-0.39, 0.29) is 11.1 Å². The Kier molecular flexibility index (Phi) is 6.42. The van der Waals surface area contributed by atoms with E-state index in [4.69, 9.17) is 5.26 Å². The molecular formula is C25H21F2N5O3. The first-order valence-electron chi connectivity index (χ1n) is 10.8. The number of rotatable bonds is 5. The van der Waals surface area contributed by atoms with Gasteiger partial charge in [0.05, 0.1) is 30.2 Å². The van der Waals surface area contributed by atoms with E-state index in [0.29, 0.717) is 10.9 Å². The summed E-state index contributed by atoms with van der Waals surface area (Å²) in [4.78, 5) is 44.3. The summed E-state index contributed by atoms with van der Waals surface area (Å²) < 4.78 is 27.3. The monoisotopic (exact) mass is 477 g/mol. The third-order valence-electron chi connectivity index (χ3n) is 5.77. The summed E-state index contributed by atoms with van der Waals surface area (Å²) in [6.45, 7) is 0.530. The Morgan fingerprint density at radius 3 is 2.83 bits per heavy atom. The summed E-state index contributed by atoms with van der Waals surface area (Å²) in [5.74, 6) is -4.44. The summed E-state index contributed by atoms with van der Waals surface area (Å²) in [5.41, 5.74) is 3.12. The van der Waals surface area contributed by atoms with Crippen molar-refractivity contribution in [1.82, 2.24) is 20.2 Å². The van der Waals surface area contributed by atoms with Crippen LogP contribution in [0.25, 0.3) is 22.6 Å². The Morgan fingerprint density at radius 1 is 1.31 bits per heavy atom. The molecule has 8 nitrogen and oxygen atoms in total. The van der Waals surface area contributed by atoms with Crippen LogP contribution in [0.2, 0.25) is 0 Å². The quantitative estimate of drug-likeness (QED) is 0.586. The van der Waals surface area contributed by atoms with Gasteiger partial charge >= 0.3 is 0 Å². The zero-order valence-electron chi connectivity index (χ0n) is 18.7. The highest BCUT2D eigenvalue weighted by atomic mass is 19.3. The van der Waals surface area contributed by atoms with Crippen LogP contribution in [-0.2, 0) is 4.79 Å². The highest BCUT2D eigenvalue weighted by Crippen LogP contribution is 2.31. The summed E-state index contributed by atoms with van der Waals surface area (Å²) in [6.07, 6.45) is 4.22. The number of H-pyrrole nitrogens is 1. The van der Waals surface area contributed by atoms with Crippen LogP contribution >= 0.6 is 0 Å². The first-order chi connectivity index (χ1) is 16.7. The van der Waals surface area contributed by atoms with Crippen LogP contribution in [0, 0.1) is 11.3 Å². The normalized spacial score (nSPS) is 17.3. The smallest absolute Gasteiger partial charge is 0.268 e. The van der Waals surface area contributed by atoms with Gasteiger partial charge in [0.15, 0.2) is 0 Å². The minimum Gasteiger partial charge on any atom is -0.343 e. The molecule has 3 heterocycles. The number of hydrogen-bond donors (Lipinski definition) is 2. The number of nitrogens with one attached hydrogen (secondary N) is 2. The van der Waals surface area contributed by atoms with Crippen molar-refractivity contribution >= 4 is 34.4 Å². The van der Waals surface area contributed by atoms with Gasteiger partial charge in [0.2, 0.25) is 11.5 Å². The van der Waals surface area contributed by atoms with Gasteiger partial charge in [0.1, 0.15) is 6.04 Å². The highest BCUT2D eigenvalue weighted by molar-refractivity contribution is 6.07. The predicted octanol–water partition coefficient (Wildman–Crippen LogP) is 2.97. The minimum absolute atomic E-state index is 0.202. The maximum absolute atomic E-state index is 13.6. The number of carbonyl (C=O) groups is 2. The molecule has 1 atom stereocenters. The van der Waals surface area contributed by atoms with E-state index >= 15 is 0 Å². The lowest BCUT2D eigenvalue weighted by Crippen LogP contribution is -2.43. The number of carbonyl (C=O) groups excluding carboxylic acids is 2. The van der Waals surface area contributed by atoms with Crippen LogP contribution in [0.3, 0.4) is 0 Å². The zero-order chi connectivity index (χ0) is 25.2. The van der Waals surface area contributed by atoms with Gasteiger partial charge < -0.3 is 15.2 Å². The van der Waals surface area contributed by atoms with Crippen LogP contribution in [-0.4, -0.2) is 51.7 Å². The van der Waals surface area contributed by atoms with Gasteiger partial charge in [-0.05, 0) is 54.0 Å². The van der Waals surface area contributed by atoms with Gasteiger partial charge in [-0.2, -0.15) is 5.26 Å². The number of pyridine rings is 2. The van der Waals surface area contributed by atoms with E-state index in [1.165, 1.54) is 18.3 Å². The van der Waals surface area contributed by atoms with Crippen molar-refractivity contribution < 1.29 is 18.4 Å². The zero-order valence-corrected chi connectivity index (χ0v) is 18.7. The van der Waals surface area contributed by atoms with Gasteiger partial charge in [-0.1, -0.05) is 6.07 Å². The number of aromatic nitrogens is 2. The van der Waals surface area contributed by atoms with Crippen molar-refractivity contribution in [1.29, 1.82) is 5.26 Å². The number of alkyl halides is 2. The molecule has 0 spiro atoms. The van der Waals surface area contributed by atoms with Crippen LogP contribution in [0.5, 0.6) is 0 Å². The van der Waals surface area contributed by atoms with Gasteiger partial charge in [0.25, 0.3) is 11.8 Å². The van der Waals surface area contributed by atoms with Crippen LogP contribution in [0.1, 0.15) is 34.8 Å². The summed E-state index contributed by atoms with van der Waals surface area (Å²) in [6, 6.07) is 10.5. The van der Waals surface area contributed by atoms with Crippen LogP contribution in [0.15, 0.2) is 53.6 Å². The van der Waals surface area contributed by atoms with Gasteiger partial charge in [-0.3, -0.25) is 19.4 Å². The number of amides is 2. The van der Waals surface area contributed by atoms with Crippen LogP contribution < -0.4 is 10.9 Å². The maximum atomic E-state index is 13.6. The first-order valence-corrected chi connectivity index (χ1v) is 10.8. The Morgan fingerprint density at radius 2 is 2.11 bits per heavy atom. The lowest BCUT2D eigenvalue weighted by molar-refractivity contribution is -0.131. The Bertz CT molecular complexity index is 1420. The summed E-state index contributed by atoms with van der Waals surface area (Å²) in [5, 5.41) is 12.1. The Hall–Kier alpha value is -4.39. The number of benzene rings is 1. The largest absolute Gasteiger partial charge is 0.343 e. The number of aromatic amines is 1. The number of hydrogen-bond acceptors (Lipinski definition) is 5. The van der Waals surface area contributed by atoms with Gasteiger partial charge in [0, 0.05) is 30.3 Å². The summed E-state index contributed by atoms with van der Waals surface area (Å²) in [7, 11) is 0. The van der Waals surface area contributed by atoms with Crippen molar-refractivity contribution in [3.63, 3.8) is 0 Å². The fourth-order valence-electron chi connectivity index (χ4n) is 3.98. The van der Waals surface area contributed by atoms with E-state index in [1.807, 2.05) is 19.1 Å². The molecule has 0 bridgehead atoms. The molecule has 4 rings (SSSR count). The number of nitriles is 1. The predicted molar refractivity (Wildman–Crippen MR) is 125 cm³/mol. The number of halogens is 2. The SMILES string of the molecule is C/C(=C\c1ccc(=O)[nH]c1)c1ccc2nccc(C(=O)NCC(=O)N3CC(F)(F)C[C@H]3C#N)c2c1. The minimum atomic E-state index is -3.13. The molecule has 1 fully saturated rings. The molecule has 1 aliphatic rings. The van der Waals surface area contributed by atoms with E-state index in [2.05, 4.69) is 15.3 Å². The molecule has 35 heavy (non-hydrogen) atoms. The second-order valence-electron chi connectivity index (χ2n) is 8.31. The molecule has 2 N–H and O–H groups in total. The molecule has 1 aliphatic heterocycles. The van der Waals surface area contributed by atoms with Gasteiger partial charge in [-0.25, -0.2) is 8.78 Å². The fourth-order valence-corrected chi connectivity index (χ4v) is 3.98. The maximum Gasteiger partial charge on any atom is 0.268 e. The topological polar surface area (TPSA) is 119 Å². The van der Waals surface area contributed by atoms with Gasteiger partial charge in [-0.15, -0.1) is 0 Å². The van der Waals surface area contributed by atoms with Crippen molar-refractivity contribution in [2.45, 2.75) is 25.3 Å². The van der Waals surface area contributed by atoms with E-state index in [0.717, 1.165) is 21.6 Å². The van der Waals surface area contributed by atoms with Crippen molar-refractivity contribution in [3.05, 3.63) is 75.8 Å². The standard InChI is InChI=1S/C25H21F2N5O3/c1-15(8-16-2-5-22(33)30-12-16)17-3-4-21-20(9-17)19(6-7-29-21)24(35)31-13-23(34)32-14-25(26,27)10-18(32)11-28/h2-9,12,18H,10,13-14H2,1H3,(H,30,33)(H,31,35)/b15-8+/t18-/m0/s1. The van der Waals surface area contributed by atoms with Crippen LogP contribution in [0.4, 0.5) is 8.78 Å². The number of likely N-dealkylation sites (tertiary alicyclic amines) is 1. The van der Waals surface area contributed by atoms with E-state index in [1.54, 1.807) is 30.5 Å². The molecule has 0 saturated carbocycles. The number of fused-ring (bicyclic) bond motifs is 1. The lowest BCUT2D eigenvalue weighted by atomic mass is 10.00. The molecule has 178 valence electrons. The molecular weight excluding hydrogens is 456 g/mol. The third kappa shape index (κ3) is 5.24. The second kappa shape index (κ2) is 9.46. The number of allylic oxidation sites excluding steroid dienone is 1. The molecule has 0 unspecified atom stereocenters. The Balaban J connectivity index is 1.54. The van der Waals surface area contributed by atoms with Crippen molar-refractivity contribution in [2.24, 2.45) is 0 Å². The lowest BCUT2D eigenvalue weighted by Gasteiger charge is -2.19. The van der Waals surface area contributed by atoms with E-state index < -0.39 is 43.3 Å². The van der Waals surface area contributed by atoms with Crippen molar-refractivity contribution in [3.8, 4) is 6.07 Å². The molecule has 10 heteroatoms. The molecule has 0 aliphatic carbocycles. The molecule has 1 saturated heterocycles.